The number of rotatable bonds is 10. The van der Waals surface area contributed by atoms with Gasteiger partial charge in [-0.25, -0.2) is 29.0 Å². The molecule has 0 aromatic heterocycles. The summed E-state index contributed by atoms with van der Waals surface area (Å²) in [5.74, 6) is -1.72. The molecule has 33 heavy (non-hydrogen) atoms. The van der Waals surface area contributed by atoms with E-state index in [1.54, 1.807) is 50.2 Å². The second-order valence-corrected chi connectivity index (χ2v) is 6.22. The van der Waals surface area contributed by atoms with Crippen LogP contribution in [0.5, 0.6) is 0 Å². The highest BCUT2D eigenvalue weighted by Gasteiger charge is 2.15. The molecular weight excluding hydrogens is 444 g/mol. The van der Waals surface area contributed by atoms with Crippen molar-refractivity contribution < 1.29 is 58.3 Å². The van der Waals surface area contributed by atoms with E-state index in [2.05, 4.69) is 39.1 Å². The fourth-order valence-corrected chi connectivity index (χ4v) is 2.26. The first-order chi connectivity index (χ1) is 15.9. The van der Waals surface area contributed by atoms with Gasteiger partial charge in [0.05, 0.1) is 34.4 Å². The van der Waals surface area contributed by atoms with Gasteiger partial charge in [-0.05, 0) is 37.1 Å². The van der Waals surface area contributed by atoms with Crippen LogP contribution in [0.4, 0.5) is 9.59 Å². The van der Waals surface area contributed by atoms with Crippen LogP contribution in [0, 0.1) is 13.8 Å². The molecule has 0 aliphatic heterocycles. The van der Waals surface area contributed by atoms with Crippen LogP contribution in [-0.4, -0.2) is 37.5 Å². The maximum atomic E-state index is 11.7. The molecule has 2 aromatic rings. The summed E-state index contributed by atoms with van der Waals surface area (Å²) in [5, 5.41) is 8.15. The van der Waals surface area contributed by atoms with E-state index < -0.39 is 24.2 Å². The Morgan fingerprint density at radius 2 is 1.00 bits per heavy atom. The summed E-state index contributed by atoms with van der Waals surface area (Å²) >= 11 is 0. The number of carbonyl (C=O) groups is 4. The van der Waals surface area contributed by atoms with Crippen molar-refractivity contribution in [1.82, 2.24) is 0 Å². The molecular formula is C21H20O12. The Labute approximate surface area is 187 Å². The van der Waals surface area contributed by atoms with Gasteiger partial charge in [0.25, 0.3) is 0 Å². The van der Waals surface area contributed by atoms with Crippen LogP contribution in [0.15, 0.2) is 48.5 Å². The number of hydrogen-bond donors (Lipinski definition) is 0. The van der Waals surface area contributed by atoms with E-state index in [1.807, 2.05) is 0 Å². The minimum atomic E-state index is -1.29. The SMILES string of the molecule is Cc1ccccc1C(=O)OOOC(=O)OCCCOC(=O)OOOC(=O)c1ccccc1C. The molecule has 0 atom stereocenters. The van der Waals surface area contributed by atoms with Crippen molar-refractivity contribution in [1.29, 1.82) is 0 Å². The fourth-order valence-electron chi connectivity index (χ4n) is 2.26. The van der Waals surface area contributed by atoms with Gasteiger partial charge in [0.2, 0.25) is 0 Å². The number of benzene rings is 2. The Bertz CT molecular complexity index is 894. The van der Waals surface area contributed by atoms with Crippen LogP contribution in [0.3, 0.4) is 0 Å². The molecule has 0 bridgehead atoms. The Balaban J connectivity index is 1.50. The molecule has 2 aromatic carbocycles. The van der Waals surface area contributed by atoms with E-state index in [0.717, 1.165) is 0 Å². The fraction of sp³-hybridized carbons (Fsp3) is 0.238. The summed E-state index contributed by atoms with van der Waals surface area (Å²) in [5.41, 5.74) is 1.74. The lowest BCUT2D eigenvalue weighted by Crippen LogP contribution is -2.15. The molecule has 0 unspecified atom stereocenters. The van der Waals surface area contributed by atoms with E-state index in [-0.39, 0.29) is 30.8 Å². The summed E-state index contributed by atoms with van der Waals surface area (Å²) in [4.78, 5) is 63.0. The topological polar surface area (TPSA) is 142 Å². The molecule has 176 valence electrons. The highest BCUT2D eigenvalue weighted by Crippen LogP contribution is 2.10. The standard InChI is InChI=1S/C21H20O12/c1-14-8-3-5-10-16(14)18(22)28-32-30-20(24)26-12-7-13-27-21(25)31-33-29-19(23)17-11-6-4-9-15(17)2/h3-6,8-11H,7,12-13H2,1-2H3. The summed E-state index contributed by atoms with van der Waals surface area (Å²) in [6.45, 7) is 2.91. The molecule has 0 spiro atoms. The van der Waals surface area contributed by atoms with Crippen LogP contribution >= 0.6 is 0 Å². The third-order valence-corrected chi connectivity index (χ3v) is 3.88. The first kappa shape index (κ1) is 25.1. The summed E-state index contributed by atoms with van der Waals surface area (Å²) in [6, 6.07) is 13.1. The third kappa shape index (κ3) is 8.85. The van der Waals surface area contributed by atoms with Crippen molar-refractivity contribution in [3.05, 3.63) is 70.8 Å². The van der Waals surface area contributed by atoms with Crippen molar-refractivity contribution in [3.63, 3.8) is 0 Å². The van der Waals surface area contributed by atoms with Gasteiger partial charge in [-0.2, -0.15) is 0 Å². The molecule has 0 amide bonds. The Hall–Kier alpha value is -4.16. The molecule has 0 heterocycles. The van der Waals surface area contributed by atoms with Gasteiger partial charge in [0, 0.05) is 6.42 Å². The molecule has 2 rings (SSSR count). The molecule has 0 aliphatic carbocycles. The highest BCUT2D eigenvalue weighted by atomic mass is 17.5. The average molecular weight is 464 g/mol. The van der Waals surface area contributed by atoms with Gasteiger partial charge >= 0.3 is 24.2 Å². The lowest BCUT2D eigenvalue weighted by Gasteiger charge is -2.06. The van der Waals surface area contributed by atoms with Gasteiger partial charge in [-0.3, -0.25) is 9.78 Å². The lowest BCUT2D eigenvalue weighted by atomic mass is 10.1. The highest BCUT2D eigenvalue weighted by molar-refractivity contribution is 5.91. The number of hydrogen-bond acceptors (Lipinski definition) is 12. The Kier molecular flexibility index (Phi) is 10.1. The third-order valence-electron chi connectivity index (χ3n) is 3.88. The Morgan fingerprint density at radius 1 is 0.606 bits per heavy atom. The normalized spacial score (nSPS) is 10.0. The average Bonchev–Trinajstić information content (AvgIpc) is 2.79. The lowest BCUT2D eigenvalue weighted by molar-refractivity contribution is -0.452. The van der Waals surface area contributed by atoms with E-state index in [4.69, 9.17) is 0 Å². The summed E-state index contributed by atoms with van der Waals surface area (Å²) < 4.78 is 9.20. The second-order valence-electron chi connectivity index (χ2n) is 6.22. The van der Waals surface area contributed by atoms with E-state index in [9.17, 15) is 19.2 Å². The van der Waals surface area contributed by atoms with E-state index in [0.29, 0.717) is 11.1 Å². The van der Waals surface area contributed by atoms with Crippen molar-refractivity contribution in [2.45, 2.75) is 20.3 Å². The zero-order valence-electron chi connectivity index (χ0n) is 17.6. The van der Waals surface area contributed by atoms with Gasteiger partial charge in [0.1, 0.15) is 0 Å². The molecule has 0 radical (unpaired) electrons. The first-order valence-electron chi connectivity index (χ1n) is 9.44. The van der Waals surface area contributed by atoms with E-state index in [1.165, 1.54) is 12.1 Å². The number of carbonyl (C=O) groups excluding carboxylic acids is 4. The monoisotopic (exact) mass is 464 g/mol. The number of ether oxygens (including phenoxy) is 2. The van der Waals surface area contributed by atoms with Gasteiger partial charge in [-0.1, -0.05) is 36.4 Å². The van der Waals surface area contributed by atoms with Crippen LogP contribution in [0.2, 0.25) is 0 Å². The predicted octanol–water partition coefficient (Wildman–Crippen LogP) is 3.71. The van der Waals surface area contributed by atoms with Crippen molar-refractivity contribution in [2.75, 3.05) is 13.2 Å². The maximum Gasteiger partial charge on any atom is 0.543 e. The largest absolute Gasteiger partial charge is 0.543 e. The van der Waals surface area contributed by atoms with Crippen molar-refractivity contribution >= 4 is 24.2 Å². The molecule has 0 N–H and O–H groups in total. The summed E-state index contributed by atoms with van der Waals surface area (Å²) in [6.07, 6.45) is -2.53. The molecule has 0 saturated carbocycles. The molecule has 12 heteroatoms. The smallest absolute Gasteiger partial charge is 0.432 e. The maximum absolute atomic E-state index is 11.7. The van der Waals surface area contributed by atoms with Crippen LogP contribution < -0.4 is 0 Å². The minimum Gasteiger partial charge on any atom is -0.432 e. The quantitative estimate of drug-likeness (QED) is 0.219. The molecule has 0 aliphatic rings. The van der Waals surface area contributed by atoms with Gasteiger partial charge in [0.15, 0.2) is 0 Å². The van der Waals surface area contributed by atoms with Crippen LogP contribution in [0.1, 0.15) is 38.3 Å². The van der Waals surface area contributed by atoms with Crippen LogP contribution in [0.25, 0.3) is 0 Å². The second kappa shape index (κ2) is 13.3. The van der Waals surface area contributed by atoms with Crippen LogP contribution in [-0.2, 0) is 39.1 Å². The van der Waals surface area contributed by atoms with Gasteiger partial charge < -0.3 is 9.47 Å². The molecule has 12 nitrogen and oxygen atoms in total. The molecule has 0 saturated heterocycles. The van der Waals surface area contributed by atoms with Crippen molar-refractivity contribution in [2.24, 2.45) is 0 Å². The zero-order chi connectivity index (χ0) is 24.1. The number of aryl methyl sites for hydroxylation is 2. The van der Waals surface area contributed by atoms with E-state index >= 15 is 0 Å². The zero-order valence-corrected chi connectivity index (χ0v) is 17.6. The van der Waals surface area contributed by atoms with Gasteiger partial charge in [-0.15, -0.1) is 0 Å². The molecule has 0 fully saturated rings. The summed E-state index contributed by atoms with van der Waals surface area (Å²) in [7, 11) is 0. The van der Waals surface area contributed by atoms with Crippen molar-refractivity contribution in [3.8, 4) is 0 Å². The predicted molar refractivity (Wildman–Crippen MR) is 105 cm³/mol. The first-order valence-corrected chi connectivity index (χ1v) is 9.44. The Morgan fingerprint density at radius 3 is 1.39 bits per heavy atom. The minimum absolute atomic E-state index is 0.0518.